The van der Waals surface area contributed by atoms with Crippen LogP contribution in [0.4, 0.5) is 4.39 Å². The number of nitrogens with zero attached hydrogens (tertiary/aromatic N) is 2. The van der Waals surface area contributed by atoms with Crippen LogP contribution in [0.2, 0.25) is 0 Å². The number of aromatic amines is 1. The van der Waals surface area contributed by atoms with Gasteiger partial charge in [-0.15, -0.1) is 0 Å². The van der Waals surface area contributed by atoms with Gasteiger partial charge >= 0.3 is 0 Å². The van der Waals surface area contributed by atoms with Crippen LogP contribution in [0.25, 0.3) is 11.0 Å². The van der Waals surface area contributed by atoms with Crippen LogP contribution < -0.4 is 0 Å². The third-order valence-corrected chi connectivity index (χ3v) is 1.61. The Morgan fingerprint density at radius 1 is 1.45 bits per heavy atom. The monoisotopic (exact) mass is 151 g/mol. The lowest BCUT2D eigenvalue weighted by atomic mass is 10.3. The quantitative estimate of drug-likeness (QED) is 0.618. The van der Waals surface area contributed by atoms with Gasteiger partial charge in [0.1, 0.15) is 12.0 Å². The van der Waals surface area contributed by atoms with Crippen molar-refractivity contribution in [1.82, 2.24) is 15.0 Å². The van der Waals surface area contributed by atoms with Gasteiger partial charge in [0.25, 0.3) is 0 Å². The van der Waals surface area contributed by atoms with Gasteiger partial charge in [0, 0.05) is 6.20 Å². The number of fused-ring (bicyclic) bond motifs is 1. The fourth-order valence-electron chi connectivity index (χ4n) is 1.07. The lowest BCUT2D eigenvalue weighted by molar-refractivity contribution is 0.638. The van der Waals surface area contributed by atoms with Crippen molar-refractivity contribution in [2.24, 2.45) is 0 Å². The van der Waals surface area contributed by atoms with Crippen molar-refractivity contribution in [3.63, 3.8) is 0 Å². The van der Waals surface area contributed by atoms with Crippen molar-refractivity contribution in [3.05, 3.63) is 24.0 Å². The summed E-state index contributed by atoms with van der Waals surface area (Å²) >= 11 is 0. The van der Waals surface area contributed by atoms with E-state index in [4.69, 9.17) is 0 Å². The number of hydrogen-bond donors (Lipinski definition) is 1. The summed E-state index contributed by atoms with van der Waals surface area (Å²) in [4.78, 5) is 10.4. The highest BCUT2D eigenvalue weighted by molar-refractivity contribution is 5.78. The molecule has 0 saturated heterocycles. The number of H-pyrrole nitrogens is 1. The third kappa shape index (κ3) is 0.790. The van der Waals surface area contributed by atoms with Crippen molar-refractivity contribution in [2.45, 2.75) is 6.92 Å². The summed E-state index contributed by atoms with van der Waals surface area (Å²) < 4.78 is 12.9. The van der Waals surface area contributed by atoms with Crippen molar-refractivity contribution >= 4 is 11.0 Å². The van der Waals surface area contributed by atoms with Crippen LogP contribution in [-0.2, 0) is 0 Å². The smallest absolute Gasteiger partial charge is 0.151 e. The van der Waals surface area contributed by atoms with Crippen molar-refractivity contribution in [3.8, 4) is 0 Å². The second kappa shape index (κ2) is 2.02. The summed E-state index contributed by atoms with van der Waals surface area (Å²) in [5.74, 6) is -0.293. The Morgan fingerprint density at radius 2 is 2.27 bits per heavy atom. The summed E-state index contributed by atoms with van der Waals surface area (Å²) in [5.41, 5.74) is 1.21. The first-order chi connectivity index (χ1) is 5.29. The molecular formula is C7H6FN3. The molecule has 0 fully saturated rings. The standard InChI is InChI=1S/C7H6FN3/c1-4-6-5(8)2-9-7(6)11-3-10-4/h2-3H,1H3,(H,9,10,11). The molecule has 3 nitrogen and oxygen atoms in total. The van der Waals surface area contributed by atoms with Gasteiger partial charge in [-0.3, -0.25) is 0 Å². The maximum absolute atomic E-state index is 12.9. The normalized spacial score (nSPS) is 10.7. The fourth-order valence-corrected chi connectivity index (χ4v) is 1.07. The van der Waals surface area contributed by atoms with E-state index in [1.165, 1.54) is 12.5 Å². The Kier molecular flexibility index (Phi) is 1.15. The zero-order chi connectivity index (χ0) is 7.84. The lowest BCUT2D eigenvalue weighted by Gasteiger charge is -1.91. The number of hydrogen-bond acceptors (Lipinski definition) is 2. The largest absolute Gasteiger partial charge is 0.343 e. The van der Waals surface area contributed by atoms with Crippen molar-refractivity contribution in [2.75, 3.05) is 0 Å². The van der Waals surface area contributed by atoms with Gasteiger partial charge in [0.05, 0.1) is 11.1 Å². The minimum atomic E-state index is -0.293. The molecule has 0 spiro atoms. The average molecular weight is 151 g/mol. The van der Waals surface area contributed by atoms with Crippen LogP contribution in [0.5, 0.6) is 0 Å². The van der Waals surface area contributed by atoms with E-state index >= 15 is 0 Å². The Hall–Kier alpha value is -1.45. The molecule has 0 bridgehead atoms. The van der Waals surface area contributed by atoms with E-state index in [1.54, 1.807) is 6.92 Å². The second-order valence-corrected chi connectivity index (χ2v) is 2.32. The summed E-state index contributed by atoms with van der Waals surface area (Å²) in [5, 5.41) is 0.479. The highest BCUT2D eigenvalue weighted by atomic mass is 19.1. The van der Waals surface area contributed by atoms with Crippen molar-refractivity contribution < 1.29 is 4.39 Å². The number of halogens is 1. The third-order valence-electron chi connectivity index (χ3n) is 1.61. The van der Waals surface area contributed by atoms with Gasteiger partial charge in [-0.2, -0.15) is 0 Å². The van der Waals surface area contributed by atoms with Gasteiger partial charge in [-0.1, -0.05) is 0 Å². The maximum Gasteiger partial charge on any atom is 0.151 e. The number of aromatic nitrogens is 3. The van der Waals surface area contributed by atoms with E-state index in [0.29, 0.717) is 16.7 Å². The molecule has 2 aromatic heterocycles. The molecule has 0 aliphatic heterocycles. The molecule has 0 amide bonds. The minimum Gasteiger partial charge on any atom is -0.343 e. The molecule has 1 N–H and O–H groups in total. The molecule has 4 heteroatoms. The first-order valence-corrected chi connectivity index (χ1v) is 3.23. The molecule has 2 aromatic rings. The van der Waals surface area contributed by atoms with Gasteiger partial charge in [-0.25, -0.2) is 14.4 Å². The molecule has 0 unspecified atom stereocenters. The van der Waals surface area contributed by atoms with Gasteiger partial charge in [0.15, 0.2) is 5.82 Å². The summed E-state index contributed by atoms with van der Waals surface area (Å²) in [6, 6.07) is 0. The topological polar surface area (TPSA) is 41.6 Å². The van der Waals surface area contributed by atoms with Crippen LogP contribution in [0.15, 0.2) is 12.5 Å². The predicted molar refractivity (Wildman–Crippen MR) is 38.6 cm³/mol. The molecule has 2 heterocycles. The lowest BCUT2D eigenvalue weighted by Crippen LogP contribution is -1.85. The average Bonchev–Trinajstić information content (AvgIpc) is 2.34. The second-order valence-electron chi connectivity index (χ2n) is 2.32. The Balaban J connectivity index is 2.96. The van der Waals surface area contributed by atoms with Gasteiger partial charge in [0.2, 0.25) is 0 Å². The fraction of sp³-hybridized carbons (Fsp3) is 0.143. The first-order valence-electron chi connectivity index (χ1n) is 3.23. The summed E-state index contributed by atoms with van der Waals surface area (Å²) in [6.45, 7) is 1.75. The molecule has 56 valence electrons. The summed E-state index contributed by atoms with van der Waals surface area (Å²) in [6.07, 6.45) is 2.69. The Labute approximate surface area is 62.3 Å². The zero-order valence-electron chi connectivity index (χ0n) is 5.93. The van der Waals surface area contributed by atoms with Crippen molar-refractivity contribution in [1.29, 1.82) is 0 Å². The van der Waals surface area contributed by atoms with Crippen LogP contribution in [0.3, 0.4) is 0 Å². The van der Waals surface area contributed by atoms with E-state index in [9.17, 15) is 4.39 Å². The number of aryl methyl sites for hydroxylation is 1. The maximum atomic E-state index is 12.9. The van der Waals surface area contributed by atoms with E-state index < -0.39 is 0 Å². The van der Waals surface area contributed by atoms with E-state index in [0.717, 1.165) is 0 Å². The SMILES string of the molecule is Cc1ncnc2[nH]cc(F)c12. The molecule has 11 heavy (non-hydrogen) atoms. The van der Waals surface area contributed by atoms with E-state index in [-0.39, 0.29) is 5.82 Å². The summed E-state index contributed by atoms with van der Waals surface area (Å²) in [7, 11) is 0. The van der Waals surface area contributed by atoms with E-state index in [2.05, 4.69) is 15.0 Å². The van der Waals surface area contributed by atoms with Crippen LogP contribution in [0.1, 0.15) is 5.69 Å². The van der Waals surface area contributed by atoms with Crippen LogP contribution >= 0.6 is 0 Å². The highest BCUT2D eigenvalue weighted by Gasteiger charge is 2.05. The van der Waals surface area contributed by atoms with Crippen LogP contribution in [0, 0.1) is 12.7 Å². The zero-order valence-corrected chi connectivity index (χ0v) is 5.93. The molecule has 0 aliphatic carbocycles. The van der Waals surface area contributed by atoms with Gasteiger partial charge < -0.3 is 4.98 Å². The van der Waals surface area contributed by atoms with Gasteiger partial charge in [-0.05, 0) is 6.92 Å². The highest BCUT2D eigenvalue weighted by Crippen LogP contribution is 2.15. The molecule has 0 aromatic carbocycles. The predicted octanol–water partition coefficient (Wildman–Crippen LogP) is 1.41. The number of rotatable bonds is 0. The van der Waals surface area contributed by atoms with E-state index in [1.807, 2.05) is 0 Å². The molecule has 0 aliphatic rings. The molecule has 0 atom stereocenters. The number of nitrogens with one attached hydrogen (secondary N) is 1. The minimum absolute atomic E-state index is 0.293. The molecule has 0 radical (unpaired) electrons. The molecule has 2 rings (SSSR count). The Morgan fingerprint density at radius 3 is 3.00 bits per heavy atom. The Bertz CT molecular complexity index is 393. The first kappa shape index (κ1) is 6.27. The molecular weight excluding hydrogens is 145 g/mol. The van der Waals surface area contributed by atoms with Crippen LogP contribution in [-0.4, -0.2) is 15.0 Å². The molecule has 0 saturated carbocycles.